The van der Waals surface area contributed by atoms with E-state index in [-0.39, 0.29) is 11.9 Å². The lowest BCUT2D eigenvalue weighted by Gasteiger charge is -2.32. The summed E-state index contributed by atoms with van der Waals surface area (Å²) in [5.74, 6) is 7.06. The average molecular weight is 461 g/mol. The van der Waals surface area contributed by atoms with Gasteiger partial charge in [0.2, 0.25) is 0 Å². The normalized spacial score (nSPS) is 13.6. The summed E-state index contributed by atoms with van der Waals surface area (Å²) < 4.78 is 30.0. The zero-order valence-electron chi connectivity index (χ0n) is 19.0. The number of anilines is 1. The second-order valence-electron chi connectivity index (χ2n) is 7.72. The molecule has 0 atom stereocenters. The number of aromatic nitrogens is 2. The van der Waals surface area contributed by atoms with Gasteiger partial charge in [0.15, 0.2) is 28.9 Å². The van der Waals surface area contributed by atoms with Crippen LogP contribution >= 0.6 is 0 Å². The summed E-state index contributed by atoms with van der Waals surface area (Å²) in [7, 11) is 1.50. The first-order valence-corrected chi connectivity index (χ1v) is 10.9. The number of halogens is 1. The summed E-state index contributed by atoms with van der Waals surface area (Å²) in [6.45, 7) is 2.82. The van der Waals surface area contributed by atoms with Crippen LogP contribution in [0.1, 0.15) is 31.0 Å². The summed E-state index contributed by atoms with van der Waals surface area (Å²) in [6, 6.07) is 15.2. The zero-order valence-corrected chi connectivity index (χ0v) is 19.0. The fourth-order valence-electron chi connectivity index (χ4n) is 3.60. The average Bonchev–Trinajstić information content (AvgIpc) is 2.85. The van der Waals surface area contributed by atoms with Crippen molar-refractivity contribution in [2.75, 3.05) is 25.1 Å². The second kappa shape index (κ2) is 10.7. The highest BCUT2D eigenvalue weighted by Crippen LogP contribution is 2.28. The molecular formula is C26H24FN3O4. The molecule has 1 saturated heterocycles. The maximum atomic E-state index is 13.8. The van der Waals surface area contributed by atoms with Crippen molar-refractivity contribution in [1.82, 2.24) is 10.2 Å². The van der Waals surface area contributed by atoms with E-state index in [0.717, 1.165) is 31.7 Å². The lowest BCUT2D eigenvalue weighted by atomic mass is 10.1. The maximum absolute atomic E-state index is 13.8. The molecule has 0 unspecified atom stereocenters. The molecule has 2 heterocycles. The third-order valence-corrected chi connectivity index (χ3v) is 5.30. The summed E-state index contributed by atoms with van der Waals surface area (Å²) in [6.07, 6.45) is 1.50. The number of hydrogen-bond acceptors (Lipinski definition) is 7. The number of piperidine rings is 1. The number of hydrogen-bond donors (Lipinski definition) is 0. The molecule has 1 aliphatic rings. The summed E-state index contributed by atoms with van der Waals surface area (Å²) in [5.41, 5.74) is 1.22. The molecule has 2 aromatic carbocycles. The van der Waals surface area contributed by atoms with Gasteiger partial charge < -0.3 is 19.1 Å². The Morgan fingerprint density at radius 1 is 1.00 bits per heavy atom. The van der Waals surface area contributed by atoms with Crippen LogP contribution in [0.5, 0.6) is 17.2 Å². The topological polar surface area (TPSA) is 73.8 Å². The van der Waals surface area contributed by atoms with Gasteiger partial charge in [-0.2, -0.15) is 0 Å². The van der Waals surface area contributed by atoms with Gasteiger partial charge in [0.1, 0.15) is 11.8 Å². The molecule has 0 N–H and O–H groups in total. The van der Waals surface area contributed by atoms with E-state index < -0.39 is 5.97 Å². The van der Waals surface area contributed by atoms with Crippen molar-refractivity contribution in [3.8, 4) is 29.1 Å². The fraction of sp³-hybridized carbons (Fsp3) is 0.269. The lowest BCUT2D eigenvalue weighted by Crippen LogP contribution is -2.38. The number of esters is 1. The number of nitrogens with zero attached hydrogens (tertiary/aromatic N) is 3. The Labute approximate surface area is 197 Å². The van der Waals surface area contributed by atoms with Crippen LogP contribution in [0.4, 0.5) is 10.2 Å². The number of carbonyl (C=O) groups is 1. The van der Waals surface area contributed by atoms with Crippen molar-refractivity contribution >= 4 is 11.8 Å². The molecule has 1 fully saturated rings. The van der Waals surface area contributed by atoms with E-state index >= 15 is 0 Å². The molecule has 0 radical (unpaired) electrons. The summed E-state index contributed by atoms with van der Waals surface area (Å²) >= 11 is 0. The van der Waals surface area contributed by atoms with Gasteiger partial charge in [-0.25, -0.2) is 4.39 Å². The molecular weight excluding hydrogens is 437 g/mol. The molecule has 4 rings (SSSR count). The highest BCUT2D eigenvalue weighted by Gasteiger charge is 2.22. The minimum atomic E-state index is -0.422. The highest BCUT2D eigenvalue weighted by molar-refractivity contribution is 5.70. The number of ether oxygens (including phenoxy) is 3. The Morgan fingerprint density at radius 3 is 2.47 bits per heavy atom. The lowest BCUT2D eigenvalue weighted by molar-refractivity contribution is -0.132. The SMILES string of the molecule is COc1cc(C#Cc2ccc(N3CCC(Oc4ccccc4F)CC3)nn2)ccc1OC(C)=O. The van der Waals surface area contributed by atoms with E-state index in [0.29, 0.717) is 28.5 Å². The molecule has 7 nitrogen and oxygen atoms in total. The van der Waals surface area contributed by atoms with E-state index in [2.05, 4.69) is 26.9 Å². The quantitative estimate of drug-likeness (QED) is 0.323. The van der Waals surface area contributed by atoms with Crippen LogP contribution in [0.25, 0.3) is 0 Å². The van der Waals surface area contributed by atoms with Crippen molar-refractivity contribution in [2.24, 2.45) is 0 Å². The number of para-hydroxylation sites is 1. The number of rotatable bonds is 5. The van der Waals surface area contributed by atoms with Gasteiger partial charge in [0.05, 0.1) is 7.11 Å². The molecule has 3 aromatic rings. The van der Waals surface area contributed by atoms with E-state index in [1.165, 1.54) is 20.1 Å². The molecule has 1 aliphatic heterocycles. The van der Waals surface area contributed by atoms with Gasteiger partial charge in [-0.05, 0) is 48.4 Å². The van der Waals surface area contributed by atoms with E-state index in [1.807, 2.05) is 12.1 Å². The van der Waals surface area contributed by atoms with Gasteiger partial charge in [-0.3, -0.25) is 4.79 Å². The second-order valence-corrected chi connectivity index (χ2v) is 7.72. The Kier molecular flexibility index (Phi) is 7.23. The molecule has 0 bridgehead atoms. The third-order valence-electron chi connectivity index (χ3n) is 5.30. The first kappa shape index (κ1) is 23.1. The van der Waals surface area contributed by atoms with Crippen LogP contribution in [-0.4, -0.2) is 42.5 Å². The Bertz CT molecular complexity index is 1210. The van der Waals surface area contributed by atoms with E-state index in [1.54, 1.807) is 36.4 Å². The van der Waals surface area contributed by atoms with Crippen molar-refractivity contribution in [3.63, 3.8) is 0 Å². The molecule has 0 amide bonds. The van der Waals surface area contributed by atoms with Gasteiger partial charge in [0.25, 0.3) is 0 Å². The van der Waals surface area contributed by atoms with Crippen LogP contribution in [0.3, 0.4) is 0 Å². The molecule has 1 aromatic heterocycles. The number of benzene rings is 2. The van der Waals surface area contributed by atoms with Crippen molar-refractivity contribution in [1.29, 1.82) is 0 Å². The molecule has 0 aliphatic carbocycles. The standard InChI is InChI=1S/C26H24FN3O4/c1-18(31)33-24-11-8-19(17-25(24)32-2)7-9-20-10-12-26(29-28-20)30-15-13-21(14-16-30)34-23-6-4-3-5-22(23)27/h3-6,8,10-12,17,21H,13-16H2,1-2H3. The van der Waals surface area contributed by atoms with Gasteiger partial charge >= 0.3 is 5.97 Å². The minimum Gasteiger partial charge on any atom is -0.493 e. The van der Waals surface area contributed by atoms with Gasteiger partial charge in [-0.15, -0.1) is 10.2 Å². The van der Waals surface area contributed by atoms with Crippen LogP contribution in [0.2, 0.25) is 0 Å². The first-order valence-electron chi connectivity index (χ1n) is 10.9. The predicted octanol–water partition coefficient (Wildman–Crippen LogP) is 4.00. The molecule has 8 heteroatoms. The van der Waals surface area contributed by atoms with Crippen LogP contribution < -0.4 is 19.1 Å². The fourth-order valence-corrected chi connectivity index (χ4v) is 3.60. The largest absolute Gasteiger partial charge is 0.493 e. The van der Waals surface area contributed by atoms with E-state index in [9.17, 15) is 9.18 Å². The minimum absolute atomic E-state index is 0.0320. The zero-order chi connectivity index (χ0) is 23.9. The van der Waals surface area contributed by atoms with Crippen LogP contribution in [0, 0.1) is 17.7 Å². The van der Waals surface area contributed by atoms with Crippen molar-refractivity contribution in [2.45, 2.75) is 25.9 Å². The van der Waals surface area contributed by atoms with Gasteiger partial charge in [0, 0.05) is 38.4 Å². The Hall–Kier alpha value is -4.12. The third kappa shape index (κ3) is 5.81. The molecule has 0 saturated carbocycles. The number of methoxy groups -OCH3 is 1. The van der Waals surface area contributed by atoms with E-state index in [4.69, 9.17) is 14.2 Å². The monoisotopic (exact) mass is 461 g/mol. The summed E-state index contributed by atoms with van der Waals surface area (Å²) in [5, 5.41) is 8.53. The van der Waals surface area contributed by atoms with Crippen LogP contribution in [0.15, 0.2) is 54.6 Å². The van der Waals surface area contributed by atoms with Crippen molar-refractivity contribution < 1.29 is 23.4 Å². The Balaban J connectivity index is 1.35. The first-order chi connectivity index (χ1) is 16.5. The number of carbonyl (C=O) groups excluding carboxylic acids is 1. The summed E-state index contributed by atoms with van der Waals surface area (Å²) in [4.78, 5) is 13.3. The Morgan fingerprint density at radius 2 is 1.79 bits per heavy atom. The smallest absolute Gasteiger partial charge is 0.308 e. The van der Waals surface area contributed by atoms with Gasteiger partial charge in [-0.1, -0.05) is 18.1 Å². The molecule has 174 valence electrons. The molecule has 34 heavy (non-hydrogen) atoms. The van der Waals surface area contributed by atoms with Crippen molar-refractivity contribution in [3.05, 3.63) is 71.7 Å². The highest BCUT2D eigenvalue weighted by atomic mass is 19.1. The molecule has 0 spiro atoms. The van der Waals surface area contributed by atoms with Crippen LogP contribution in [-0.2, 0) is 4.79 Å². The predicted molar refractivity (Wildman–Crippen MR) is 125 cm³/mol. The maximum Gasteiger partial charge on any atom is 0.308 e.